The first-order valence-corrected chi connectivity index (χ1v) is 10.5. The van der Waals surface area contributed by atoms with Gasteiger partial charge in [0.25, 0.3) is 5.91 Å². The number of hydrogen-bond donors (Lipinski definition) is 0. The van der Waals surface area contributed by atoms with Crippen molar-refractivity contribution in [3.63, 3.8) is 0 Å². The monoisotopic (exact) mass is 440 g/mol. The van der Waals surface area contributed by atoms with Crippen LogP contribution in [0.2, 0.25) is 0 Å². The Kier molecular flexibility index (Phi) is 6.35. The first-order chi connectivity index (χ1) is 14.2. The summed E-state index contributed by atoms with van der Waals surface area (Å²) in [6.07, 6.45) is -1.77. The molecule has 3 aromatic heterocycles. The van der Waals surface area contributed by atoms with E-state index in [9.17, 15) is 18.0 Å². The number of imidazole rings is 1. The van der Waals surface area contributed by atoms with E-state index in [-0.39, 0.29) is 17.8 Å². The molecule has 10 heteroatoms. The Morgan fingerprint density at radius 1 is 1.33 bits per heavy atom. The number of aryl methyl sites for hydroxylation is 1. The maximum absolute atomic E-state index is 13.4. The summed E-state index contributed by atoms with van der Waals surface area (Å²) >= 11 is 1.45. The third-order valence-corrected chi connectivity index (χ3v) is 5.73. The number of ether oxygens (including phenoxy) is 1. The second-order valence-corrected chi connectivity index (χ2v) is 7.75. The summed E-state index contributed by atoms with van der Waals surface area (Å²) in [5.41, 5.74) is 0.320. The van der Waals surface area contributed by atoms with Crippen molar-refractivity contribution >= 4 is 22.2 Å². The van der Waals surface area contributed by atoms with Gasteiger partial charge in [0.15, 0.2) is 4.96 Å². The van der Waals surface area contributed by atoms with E-state index < -0.39 is 17.8 Å². The molecule has 0 aliphatic carbocycles. The minimum Gasteiger partial charge on any atom is -0.472 e. The SMILES string of the molecule is CCC(C(C)Oc1ccc(C(F)(F)F)cn1)N(CC)C(=O)c1c(C)nc2sccn12. The molecule has 0 aliphatic rings. The van der Waals surface area contributed by atoms with Crippen LogP contribution in [0.15, 0.2) is 29.9 Å². The van der Waals surface area contributed by atoms with Gasteiger partial charge in [-0.05, 0) is 33.3 Å². The number of pyridine rings is 1. The van der Waals surface area contributed by atoms with E-state index in [1.807, 2.05) is 25.4 Å². The van der Waals surface area contributed by atoms with Crippen LogP contribution < -0.4 is 4.74 Å². The van der Waals surface area contributed by atoms with Crippen molar-refractivity contribution in [3.05, 3.63) is 46.9 Å². The second-order valence-electron chi connectivity index (χ2n) is 6.87. The summed E-state index contributed by atoms with van der Waals surface area (Å²) in [6.45, 7) is 7.85. The number of alkyl halides is 3. The van der Waals surface area contributed by atoms with Crippen molar-refractivity contribution < 1.29 is 22.7 Å². The molecule has 0 saturated heterocycles. The van der Waals surface area contributed by atoms with Crippen LogP contribution in [-0.4, -0.2) is 43.9 Å². The highest BCUT2D eigenvalue weighted by molar-refractivity contribution is 7.15. The summed E-state index contributed by atoms with van der Waals surface area (Å²) in [4.78, 5) is 24.0. The topological polar surface area (TPSA) is 59.7 Å². The van der Waals surface area contributed by atoms with E-state index in [4.69, 9.17) is 4.74 Å². The highest BCUT2D eigenvalue weighted by atomic mass is 32.1. The van der Waals surface area contributed by atoms with Crippen molar-refractivity contribution in [2.24, 2.45) is 0 Å². The number of hydrogen-bond acceptors (Lipinski definition) is 5. The van der Waals surface area contributed by atoms with Gasteiger partial charge in [0.2, 0.25) is 5.88 Å². The van der Waals surface area contributed by atoms with E-state index in [1.165, 1.54) is 17.4 Å². The van der Waals surface area contributed by atoms with Gasteiger partial charge in [-0.3, -0.25) is 9.20 Å². The number of likely N-dealkylation sites (N-methyl/N-ethyl adjacent to an activating group) is 1. The van der Waals surface area contributed by atoms with Crippen molar-refractivity contribution in [3.8, 4) is 5.88 Å². The van der Waals surface area contributed by atoms with Crippen LogP contribution in [-0.2, 0) is 6.18 Å². The van der Waals surface area contributed by atoms with Crippen LogP contribution in [0.3, 0.4) is 0 Å². The number of nitrogens with zero attached hydrogens (tertiary/aromatic N) is 4. The first-order valence-electron chi connectivity index (χ1n) is 9.60. The number of amides is 1. The average molecular weight is 440 g/mol. The van der Waals surface area contributed by atoms with Crippen molar-refractivity contribution in [1.29, 1.82) is 0 Å². The summed E-state index contributed by atoms with van der Waals surface area (Å²) in [5.74, 6) is -0.0817. The summed E-state index contributed by atoms with van der Waals surface area (Å²) < 4.78 is 45.8. The Morgan fingerprint density at radius 2 is 2.07 bits per heavy atom. The molecule has 6 nitrogen and oxygen atoms in total. The second kappa shape index (κ2) is 8.63. The van der Waals surface area contributed by atoms with Gasteiger partial charge in [-0.1, -0.05) is 6.92 Å². The largest absolute Gasteiger partial charge is 0.472 e. The Balaban J connectivity index is 1.81. The fourth-order valence-electron chi connectivity index (χ4n) is 3.51. The van der Waals surface area contributed by atoms with Gasteiger partial charge in [0.1, 0.15) is 11.8 Å². The number of carbonyl (C=O) groups excluding carboxylic acids is 1. The predicted molar refractivity (Wildman–Crippen MR) is 108 cm³/mol. The van der Waals surface area contributed by atoms with E-state index in [0.717, 1.165) is 17.2 Å². The van der Waals surface area contributed by atoms with Crippen LogP contribution in [0.1, 0.15) is 48.9 Å². The minimum atomic E-state index is -4.45. The summed E-state index contributed by atoms with van der Waals surface area (Å²) in [5, 5.41) is 1.87. The molecule has 2 atom stereocenters. The van der Waals surface area contributed by atoms with Gasteiger partial charge in [-0.25, -0.2) is 9.97 Å². The molecule has 3 rings (SSSR count). The summed E-state index contributed by atoms with van der Waals surface area (Å²) in [7, 11) is 0. The molecule has 0 bridgehead atoms. The average Bonchev–Trinajstić information content (AvgIpc) is 3.25. The Hall–Kier alpha value is -2.62. The molecular formula is C20H23F3N4O2S. The van der Waals surface area contributed by atoms with Crippen molar-refractivity contribution in [2.75, 3.05) is 6.54 Å². The van der Waals surface area contributed by atoms with Crippen molar-refractivity contribution in [1.82, 2.24) is 19.3 Å². The van der Waals surface area contributed by atoms with E-state index in [0.29, 0.717) is 24.4 Å². The lowest BCUT2D eigenvalue weighted by molar-refractivity contribution is -0.137. The van der Waals surface area contributed by atoms with Gasteiger partial charge < -0.3 is 9.64 Å². The number of fused-ring (bicyclic) bond motifs is 1. The van der Waals surface area contributed by atoms with Crippen LogP contribution in [0, 0.1) is 6.92 Å². The van der Waals surface area contributed by atoms with Crippen LogP contribution in [0.4, 0.5) is 13.2 Å². The number of thiazole rings is 1. The Bertz CT molecular complexity index is 1010. The normalized spacial score (nSPS) is 14.0. The van der Waals surface area contributed by atoms with Crippen LogP contribution in [0.5, 0.6) is 5.88 Å². The number of halogens is 3. The standard InChI is InChI=1S/C20H23F3N4O2S/c1-5-15(13(4)29-16-8-7-14(11-24-16)20(21,22)23)26(6-2)18(28)17-12(3)25-19-27(17)9-10-30-19/h7-11,13,15H,5-6H2,1-4H3. The zero-order valence-corrected chi connectivity index (χ0v) is 17.9. The van der Waals surface area contributed by atoms with Gasteiger partial charge >= 0.3 is 6.18 Å². The third-order valence-electron chi connectivity index (χ3n) is 4.97. The number of carbonyl (C=O) groups is 1. The molecule has 0 radical (unpaired) electrons. The van der Waals surface area contributed by atoms with Crippen LogP contribution in [0.25, 0.3) is 4.96 Å². The molecule has 3 heterocycles. The zero-order valence-electron chi connectivity index (χ0n) is 17.1. The molecule has 0 saturated carbocycles. The number of aromatic nitrogens is 3. The molecule has 2 unspecified atom stereocenters. The minimum absolute atomic E-state index is 0.0817. The lowest BCUT2D eigenvalue weighted by atomic mass is 10.1. The zero-order chi connectivity index (χ0) is 22.1. The van der Waals surface area contributed by atoms with E-state index in [2.05, 4.69) is 9.97 Å². The predicted octanol–water partition coefficient (Wildman–Crippen LogP) is 4.83. The lowest BCUT2D eigenvalue weighted by Crippen LogP contribution is -2.48. The van der Waals surface area contributed by atoms with Crippen LogP contribution >= 0.6 is 11.3 Å². The highest BCUT2D eigenvalue weighted by Crippen LogP contribution is 2.29. The highest BCUT2D eigenvalue weighted by Gasteiger charge is 2.32. The molecule has 0 fully saturated rings. The molecule has 0 N–H and O–H groups in total. The van der Waals surface area contributed by atoms with Gasteiger partial charge in [0.05, 0.1) is 17.3 Å². The molecule has 1 amide bonds. The number of rotatable bonds is 7. The molecular weight excluding hydrogens is 417 g/mol. The fourth-order valence-corrected chi connectivity index (χ4v) is 4.27. The Morgan fingerprint density at radius 3 is 2.63 bits per heavy atom. The maximum atomic E-state index is 13.4. The summed E-state index contributed by atoms with van der Waals surface area (Å²) in [6, 6.07) is 1.83. The van der Waals surface area contributed by atoms with Crippen molar-refractivity contribution in [2.45, 2.75) is 52.4 Å². The third kappa shape index (κ3) is 4.28. The fraction of sp³-hybridized carbons (Fsp3) is 0.450. The van der Waals surface area contributed by atoms with Gasteiger partial charge in [-0.15, -0.1) is 11.3 Å². The molecule has 3 aromatic rings. The smallest absolute Gasteiger partial charge is 0.417 e. The molecule has 0 aliphatic heterocycles. The maximum Gasteiger partial charge on any atom is 0.417 e. The van der Waals surface area contributed by atoms with E-state index in [1.54, 1.807) is 23.1 Å². The first kappa shape index (κ1) is 22.1. The van der Waals surface area contributed by atoms with Gasteiger partial charge in [-0.2, -0.15) is 13.2 Å². The molecule has 30 heavy (non-hydrogen) atoms. The molecule has 162 valence electrons. The van der Waals surface area contributed by atoms with Gasteiger partial charge in [0, 0.05) is 30.4 Å². The quantitative estimate of drug-likeness (QED) is 0.528. The molecule has 0 aromatic carbocycles. The van der Waals surface area contributed by atoms with E-state index >= 15 is 0 Å². The Labute approximate surface area is 176 Å². The molecule has 0 spiro atoms. The lowest BCUT2D eigenvalue weighted by Gasteiger charge is -2.34.